The number of aromatic nitrogens is 1. The van der Waals surface area contributed by atoms with Crippen LogP contribution in [0.1, 0.15) is 105 Å². The molecule has 0 bridgehead atoms. The smallest absolute Gasteiger partial charge is 0.0543 e. The maximum absolute atomic E-state index is 2.55. The molecular weight excluding hydrogens is 845 g/mol. The maximum Gasteiger partial charge on any atom is 0.0543 e. The van der Waals surface area contributed by atoms with Crippen LogP contribution in [0.5, 0.6) is 0 Å². The molecule has 0 unspecified atom stereocenters. The Balaban J connectivity index is 1.21. The SMILES string of the molecule is CC(C)(C)c1cc(-c2cc(C(C)(C)C)ccc2-c2ccc(C(C)(C)C)cc2N(c2ccccc2)c2ccc3ccc4c(-n5c6ccccc6c6ccccc65)ccc5ccc2c3c54)cc(C(C)(C)C)c1. The number of hydrogen-bond donors (Lipinski definition) is 0. The lowest BCUT2D eigenvalue weighted by molar-refractivity contribution is 0.569. The van der Waals surface area contributed by atoms with Crippen molar-refractivity contribution in [2.75, 3.05) is 4.90 Å². The molecule has 11 rings (SSSR count). The molecule has 0 amide bonds. The highest BCUT2D eigenvalue weighted by Crippen LogP contribution is 2.50. The highest BCUT2D eigenvalue weighted by atomic mass is 15.1. The molecule has 0 saturated carbocycles. The van der Waals surface area contributed by atoms with E-state index in [1.807, 2.05) is 0 Å². The average Bonchev–Trinajstić information content (AvgIpc) is 3.66. The van der Waals surface area contributed by atoms with Gasteiger partial charge in [0.15, 0.2) is 0 Å². The molecule has 0 radical (unpaired) electrons. The van der Waals surface area contributed by atoms with Gasteiger partial charge in [-0.25, -0.2) is 0 Å². The van der Waals surface area contributed by atoms with Gasteiger partial charge in [0.1, 0.15) is 0 Å². The first-order valence-corrected chi connectivity index (χ1v) is 25.3. The van der Waals surface area contributed by atoms with Crippen molar-refractivity contribution in [2.45, 2.75) is 105 Å². The van der Waals surface area contributed by atoms with E-state index in [0.29, 0.717) is 0 Å². The van der Waals surface area contributed by atoms with Crippen molar-refractivity contribution in [2.24, 2.45) is 0 Å². The summed E-state index contributed by atoms with van der Waals surface area (Å²) >= 11 is 0. The zero-order chi connectivity index (χ0) is 49.1. The number of fused-ring (bicyclic) bond motifs is 3. The van der Waals surface area contributed by atoms with Crippen molar-refractivity contribution in [3.05, 3.63) is 204 Å². The van der Waals surface area contributed by atoms with Gasteiger partial charge in [-0.15, -0.1) is 0 Å². The van der Waals surface area contributed by atoms with E-state index in [2.05, 4.69) is 275 Å². The third-order valence-corrected chi connectivity index (χ3v) is 15.0. The van der Waals surface area contributed by atoms with E-state index in [1.54, 1.807) is 0 Å². The minimum atomic E-state index is -0.0942. The summed E-state index contributed by atoms with van der Waals surface area (Å²) in [7, 11) is 0. The van der Waals surface area contributed by atoms with Gasteiger partial charge < -0.3 is 9.47 Å². The van der Waals surface area contributed by atoms with Gasteiger partial charge in [0.2, 0.25) is 0 Å². The Kier molecular flexibility index (Phi) is 10.5. The van der Waals surface area contributed by atoms with E-state index >= 15 is 0 Å². The monoisotopic (exact) mass is 911 g/mol. The Morgan fingerprint density at radius 1 is 0.329 bits per heavy atom. The molecule has 0 fully saturated rings. The molecule has 0 aliphatic carbocycles. The minimum Gasteiger partial charge on any atom is -0.309 e. The van der Waals surface area contributed by atoms with Crippen molar-refractivity contribution in [3.63, 3.8) is 0 Å². The van der Waals surface area contributed by atoms with Crippen molar-refractivity contribution in [1.29, 1.82) is 0 Å². The number of nitrogens with zero attached hydrogens (tertiary/aromatic N) is 2. The summed E-state index contributed by atoms with van der Waals surface area (Å²) in [5.41, 5.74) is 17.1. The van der Waals surface area contributed by atoms with E-state index in [0.717, 1.165) is 17.1 Å². The fourth-order valence-corrected chi connectivity index (χ4v) is 10.9. The molecule has 0 atom stereocenters. The largest absolute Gasteiger partial charge is 0.309 e. The van der Waals surface area contributed by atoms with Gasteiger partial charge in [-0.2, -0.15) is 0 Å². The first kappa shape index (κ1) is 45.3. The van der Waals surface area contributed by atoms with Crippen LogP contribution in [-0.2, 0) is 21.7 Å². The van der Waals surface area contributed by atoms with Crippen LogP contribution in [-0.4, -0.2) is 4.57 Å². The molecule has 1 aromatic heterocycles. The molecule has 0 spiro atoms. The summed E-state index contributed by atoms with van der Waals surface area (Å²) in [6.45, 7) is 28.0. The Hall–Kier alpha value is -7.16. The molecule has 0 aliphatic heterocycles. The van der Waals surface area contributed by atoms with Crippen LogP contribution in [0.3, 0.4) is 0 Å². The molecular formula is C68H66N2. The van der Waals surface area contributed by atoms with Gasteiger partial charge in [-0.3, -0.25) is 0 Å². The first-order valence-electron chi connectivity index (χ1n) is 25.3. The first-order chi connectivity index (χ1) is 33.3. The van der Waals surface area contributed by atoms with E-state index in [4.69, 9.17) is 0 Å². The number of rotatable bonds is 6. The lowest BCUT2D eigenvalue weighted by Gasteiger charge is -2.32. The van der Waals surface area contributed by atoms with E-state index < -0.39 is 0 Å². The lowest BCUT2D eigenvalue weighted by atomic mass is 9.77. The van der Waals surface area contributed by atoms with Gasteiger partial charge in [-0.05, 0) is 131 Å². The normalized spacial score (nSPS) is 12.9. The molecule has 1 heterocycles. The second-order valence-electron chi connectivity index (χ2n) is 23.9. The van der Waals surface area contributed by atoms with Gasteiger partial charge in [-0.1, -0.05) is 217 Å². The molecule has 2 heteroatoms. The maximum atomic E-state index is 2.55. The minimum absolute atomic E-state index is 0.0271. The third-order valence-electron chi connectivity index (χ3n) is 15.0. The number of anilines is 3. The van der Waals surface area contributed by atoms with Gasteiger partial charge in [0.25, 0.3) is 0 Å². The highest BCUT2D eigenvalue weighted by molar-refractivity contribution is 6.27. The average molecular weight is 911 g/mol. The van der Waals surface area contributed by atoms with E-state index in [9.17, 15) is 0 Å². The van der Waals surface area contributed by atoms with Crippen LogP contribution in [0.4, 0.5) is 17.1 Å². The number of benzene rings is 10. The van der Waals surface area contributed by atoms with Gasteiger partial charge >= 0.3 is 0 Å². The van der Waals surface area contributed by atoms with Crippen LogP contribution >= 0.6 is 0 Å². The number of hydrogen-bond acceptors (Lipinski definition) is 1. The summed E-state index contributed by atoms with van der Waals surface area (Å²) in [5.74, 6) is 0. The number of para-hydroxylation sites is 3. The highest BCUT2D eigenvalue weighted by Gasteiger charge is 2.28. The summed E-state index contributed by atoms with van der Waals surface area (Å²) in [6.07, 6.45) is 0. The Bertz CT molecular complexity index is 3710. The van der Waals surface area contributed by atoms with Crippen LogP contribution in [0.15, 0.2) is 182 Å². The Morgan fingerprint density at radius 2 is 0.814 bits per heavy atom. The standard InChI is InChI=1S/C68H66N2/c1-65(2,3)46-30-34-51(57(41-46)45-38-48(67(7,8)9)40-49(39-45)68(10,11)12)54-35-31-47(66(4,5)6)42-62(54)69(50-20-14-13-15-21-50)60-36-28-43-27-33-56-61(37-29-44-26-32-55(60)63(43)64(44)56)70-58-24-18-16-22-52(58)53-23-17-19-25-59(53)70/h13-42H,1-12H3. The molecule has 0 saturated heterocycles. The zero-order valence-corrected chi connectivity index (χ0v) is 43.2. The Labute approximate surface area is 415 Å². The summed E-state index contributed by atoms with van der Waals surface area (Å²) in [4.78, 5) is 2.55. The topological polar surface area (TPSA) is 8.17 Å². The second-order valence-corrected chi connectivity index (χ2v) is 23.9. The van der Waals surface area contributed by atoms with Crippen LogP contribution in [0, 0.1) is 0 Å². The van der Waals surface area contributed by atoms with E-state index in [-0.39, 0.29) is 21.7 Å². The van der Waals surface area contributed by atoms with Gasteiger partial charge in [0, 0.05) is 32.8 Å². The quantitative estimate of drug-likeness (QED) is 0.151. The summed E-state index contributed by atoms with van der Waals surface area (Å²) in [5, 5.41) is 10.1. The molecule has 348 valence electrons. The molecule has 0 aliphatic rings. The lowest BCUT2D eigenvalue weighted by Crippen LogP contribution is -2.17. The van der Waals surface area contributed by atoms with Crippen molar-refractivity contribution in [3.8, 4) is 27.9 Å². The van der Waals surface area contributed by atoms with Gasteiger partial charge in [0.05, 0.1) is 28.1 Å². The van der Waals surface area contributed by atoms with Crippen molar-refractivity contribution < 1.29 is 0 Å². The van der Waals surface area contributed by atoms with Crippen molar-refractivity contribution in [1.82, 2.24) is 4.57 Å². The molecule has 0 N–H and O–H groups in total. The molecule has 70 heavy (non-hydrogen) atoms. The molecule has 10 aromatic carbocycles. The predicted octanol–water partition coefficient (Wildman–Crippen LogP) is 19.7. The Morgan fingerprint density at radius 3 is 1.40 bits per heavy atom. The fraction of sp³-hybridized carbons (Fsp3) is 0.235. The fourth-order valence-electron chi connectivity index (χ4n) is 10.9. The van der Waals surface area contributed by atoms with Crippen LogP contribution in [0.25, 0.3) is 82.1 Å². The summed E-state index contributed by atoms with van der Waals surface area (Å²) in [6, 6.07) is 69.4. The van der Waals surface area contributed by atoms with Crippen LogP contribution < -0.4 is 4.90 Å². The van der Waals surface area contributed by atoms with Crippen molar-refractivity contribution >= 4 is 71.2 Å². The van der Waals surface area contributed by atoms with Crippen LogP contribution in [0.2, 0.25) is 0 Å². The second kappa shape index (κ2) is 16.2. The zero-order valence-electron chi connectivity index (χ0n) is 43.2. The summed E-state index contributed by atoms with van der Waals surface area (Å²) < 4.78 is 2.47. The molecule has 11 aromatic rings. The molecule has 2 nitrogen and oxygen atoms in total. The predicted molar refractivity (Wildman–Crippen MR) is 305 cm³/mol. The van der Waals surface area contributed by atoms with E-state index in [1.165, 1.54) is 104 Å². The third kappa shape index (κ3) is 7.64.